The zero-order valence-electron chi connectivity index (χ0n) is 11.3. The van der Waals surface area contributed by atoms with Crippen LogP contribution in [0.25, 0.3) is 11.4 Å². The van der Waals surface area contributed by atoms with Gasteiger partial charge in [-0.2, -0.15) is 0 Å². The maximum absolute atomic E-state index is 8.76. The van der Waals surface area contributed by atoms with E-state index in [4.69, 9.17) is 28.6 Å². The van der Waals surface area contributed by atoms with E-state index >= 15 is 0 Å². The molecule has 2 aromatic heterocycles. The van der Waals surface area contributed by atoms with Gasteiger partial charge < -0.3 is 28.6 Å². The van der Waals surface area contributed by atoms with Crippen LogP contribution in [0.5, 0.6) is 0 Å². The Labute approximate surface area is 129 Å². The Morgan fingerprint density at radius 1 is 0.773 bits per heavy atom. The molecule has 10 heteroatoms. The summed E-state index contributed by atoms with van der Waals surface area (Å²) in [4.78, 5) is 43.4. The first-order valence-electron chi connectivity index (χ1n) is 6.06. The molecule has 0 fully saturated rings. The third-order valence-electron chi connectivity index (χ3n) is 2.60. The molecule has 0 aromatic carbocycles. The summed E-state index contributed by atoms with van der Waals surface area (Å²) in [6.07, 6.45) is 3.13. The summed E-state index contributed by atoms with van der Waals surface area (Å²) in [6.45, 7) is 0.104. The smallest absolute Gasteiger partial charge is 0.327 e. The SMILES string of the molecule is OP(O)OCc1ccnc(-c2cc(COP(O)O)ccn2)c1. The van der Waals surface area contributed by atoms with Gasteiger partial charge >= 0.3 is 17.2 Å². The van der Waals surface area contributed by atoms with Gasteiger partial charge in [-0.3, -0.25) is 9.97 Å². The summed E-state index contributed by atoms with van der Waals surface area (Å²) < 4.78 is 9.52. The largest absolute Gasteiger partial charge is 0.328 e. The maximum atomic E-state index is 8.76. The molecule has 8 nitrogen and oxygen atoms in total. The molecular formula is C12H14N2O6P2. The lowest BCUT2D eigenvalue weighted by Gasteiger charge is -2.07. The van der Waals surface area contributed by atoms with E-state index in [0.717, 1.165) is 11.1 Å². The summed E-state index contributed by atoms with van der Waals surface area (Å²) in [5.74, 6) is 0. The van der Waals surface area contributed by atoms with Gasteiger partial charge in [0.15, 0.2) is 0 Å². The first-order chi connectivity index (χ1) is 10.5. The van der Waals surface area contributed by atoms with Crippen molar-refractivity contribution in [3.05, 3.63) is 47.8 Å². The molecule has 0 radical (unpaired) electrons. The molecule has 118 valence electrons. The lowest BCUT2D eigenvalue weighted by Crippen LogP contribution is -1.94. The Morgan fingerprint density at radius 2 is 1.18 bits per heavy atom. The van der Waals surface area contributed by atoms with Crippen LogP contribution in [0.1, 0.15) is 11.1 Å². The van der Waals surface area contributed by atoms with Gasteiger partial charge in [-0.05, 0) is 35.4 Å². The molecule has 4 N–H and O–H groups in total. The minimum absolute atomic E-state index is 0.0519. The molecule has 0 aliphatic heterocycles. The van der Waals surface area contributed by atoms with Crippen LogP contribution in [0.3, 0.4) is 0 Å². The Morgan fingerprint density at radius 3 is 1.55 bits per heavy atom. The van der Waals surface area contributed by atoms with E-state index in [9.17, 15) is 0 Å². The van der Waals surface area contributed by atoms with Crippen LogP contribution < -0.4 is 0 Å². The van der Waals surface area contributed by atoms with Crippen LogP contribution in [-0.2, 0) is 22.3 Å². The molecule has 2 aromatic rings. The monoisotopic (exact) mass is 344 g/mol. The van der Waals surface area contributed by atoms with Crippen LogP contribution in [0, 0.1) is 0 Å². The van der Waals surface area contributed by atoms with Crippen molar-refractivity contribution in [2.45, 2.75) is 13.2 Å². The fraction of sp³-hybridized carbons (Fsp3) is 0.167. The van der Waals surface area contributed by atoms with Crippen LogP contribution in [0.2, 0.25) is 0 Å². The second-order valence-electron chi connectivity index (χ2n) is 4.15. The number of nitrogens with zero attached hydrogens (tertiary/aromatic N) is 2. The summed E-state index contributed by atoms with van der Waals surface area (Å²) >= 11 is 0. The predicted octanol–water partition coefficient (Wildman–Crippen LogP) is 1.60. The van der Waals surface area contributed by atoms with Crippen molar-refractivity contribution in [1.29, 1.82) is 0 Å². The maximum Gasteiger partial charge on any atom is 0.327 e. The van der Waals surface area contributed by atoms with E-state index in [2.05, 4.69) is 9.97 Å². The molecule has 0 saturated heterocycles. The molecule has 0 aliphatic rings. The van der Waals surface area contributed by atoms with Crippen LogP contribution in [-0.4, -0.2) is 29.5 Å². The highest BCUT2D eigenvalue weighted by Crippen LogP contribution is 2.28. The Kier molecular flexibility index (Phi) is 6.70. The van der Waals surface area contributed by atoms with Crippen LogP contribution >= 0.6 is 17.2 Å². The second kappa shape index (κ2) is 8.53. The van der Waals surface area contributed by atoms with Crippen molar-refractivity contribution >= 4 is 17.2 Å². The van der Waals surface area contributed by atoms with Crippen LogP contribution in [0.4, 0.5) is 0 Å². The molecule has 0 atom stereocenters. The van der Waals surface area contributed by atoms with Gasteiger partial charge in [-0.25, -0.2) is 0 Å². The topological polar surface area (TPSA) is 125 Å². The lowest BCUT2D eigenvalue weighted by atomic mass is 10.1. The molecule has 2 rings (SSSR count). The van der Waals surface area contributed by atoms with Gasteiger partial charge in [-0.15, -0.1) is 0 Å². The summed E-state index contributed by atoms with van der Waals surface area (Å²) in [6, 6.07) is 6.83. The fourth-order valence-corrected chi connectivity index (χ4v) is 2.20. The predicted molar refractivity (Wildman–Crippen MR) is 79.8 cm³/mol. The average molecular weight is 344 g/mol. The molecule has 0 spiro atoms. The third-order valence-corrected chi connectivity index (χ3v) is 3.32. The minimum atomic E-state index is -2.40. The van der Waals surface area contributed by atoms with Gasteiger partial charge in [0.1, 0.15) is 0 Å². The summed E-state index contributed by atoms with van der Waals surface area (Å²) in [7, 11) is -4.81. The molecule has 0 bridgehead atoms. The zero-order chi connectivity index (χ0) is 15.9. The molecule has 0 saturated carbocycles. The highest BCUT2D eigenvalue weighted by Gasteiger charge is 2.07. The highest BCUT2D eigenvalue weighted by atomic mass is 31.2. The van der Waals surface area contributed by atoms with Gasteiger partial charge in [0, 0.05) is 12.4 Å². The Hall–Kier alpha value is -1.08. The molecular weight excluding hydrogens is 330 g/mol. The highest BCUT2D eigenvalue weighted by molar-refractivity contribution is 7.39. The van der Waals surface area contributed by atoms with E-state index < -0.39 is 17.2 Å². The quantitative estimate of drug-likeness (QED) is 0.558. The number of aromatic nitrogens is 2. The minimum Gasteiger partial charge on any atom is -0.328 e. The summed E-state index contributed by atoms with van der Waals surface area (Å²) in [5.41, 5.74) is 2.61. The van der Waals surface area contributed by atoms with Crippen LogP contribution in [0.15, 0.2) is 36.7 Å². The van der Waals surface area contributed by atoms with E-state index in [-0.39, 0.29) is 13.2 Å². The fourth-order valence-electron chi connectivity index (χ4n) is 1.67. The molecule has 22 heavy (non-hydrogen) atoms. The van der Waals surface area contributed by atoms with E-state index in [1.165, 1.54) is 0 Å². The number of hydrogen-bond donors (Lipinski definition) is 4. The number of rotatable bonds is 7. The van der Waals surface area contributed by atoms with Gasteiger partial charge in [-0.1, -0.05) is 0 Å². The van der Waals surface area contributed by atoms with Crippen molar-refractivity contribution in [1.82, 2.24) is 9.97 Å². The van der Waals surface area contributed by atoms with Crippen molar-refractivity contribution in [2.75, 3.05) is 0 Å². The molecule has 0 unspecified atom stereocenters. The first-order valence-corrected chi connectivity index (χ1v) is 8.39. The van der Waals surface area contributed by atoms with Gasteiger partial charge in [0.05, 0.1) is 24.6 Å². The van der Waals surface area contributed by atoms with E-state index in [0.29, 0.717) is 11.4 Å². The van der Waals surface area contributed by atoms with E-state index in [1.54, 1.807) is 36.7 Å². The first kappa shape index (κ1) is 17.3. The standard InChI is InChI=1S/C12H14N2O6P2/c15-21(16)19-7-9-1-3-13-11(5-9)12-6-10(2-4-14-12)8-20-22(17)18/h1-6,15-18H,7-8H2. The van der Waals surface area contributed by atoms with E-state index in [1.807, 2.05) is 0 Å². The van der Waals surface area contributed by atoms with Gasteiger partial charge in [0.2, 0.25) is 0 Å². The Bertz CT molecular complexity index is 560. The Balaban J connectivity index is 2.13. The van der Waals surface area contributed by atoms with Crippen molar-refractivity contribution in [2.24, 2.45) is 0 Å². The van der Waals surface area contributed by atoms with Crippen molar-refractivity contribution < 1.29 is 28.6 Å². The second-order valence-corrected chi connectivity index (χ2v) is 5.68. The molecule has 0 amide bonds. The number of pyridine rings is 2. The van der Waals surface area contributed by atoms with Crippen molar-refractivity contribution in [3.63, 3.8) is 0 Å². The summed E-state index contributed by atoms with van der Waals surface area (Å²) in [5, 5.41) is 0. The normalized spacial score (nSPS) is 11.4. The zero-order valence-corrected chi connectivity index (χ0v) is 13.1. The van der Waals surface area contributed by atoms with Gasteiger partial charge in [0.25, 0.3) is 0 Å². The molecule has 2 heterocycles. The average Bonchev–Trinajstić information content (AvgIpc) is 2.51. The third kappa shape index (κ3) is 5.61. The lowest BCUT2D eigenvalue weighted by molar-refractivity contribution is 0.245. The number of hydrogen-bond acceptors (Lipinski definition) is 8. The van der Waals surface area contributed by atoms with Crippen molar-refractivity contribution in [3.8, 4) is 11.4 Å². The molecule has 0 aliphatic carbocycles.